The molecule has 31 nitrogen and oxygen atoms in total. The number of aliphatic hydroxyl groups excluding tert-OH is 1. The van der Waals surface area contributed by atoms with Gasteiger partial charge in [-0.05, 0) is 174 Å². The topological polar surface area (TPSA) is 452 Å². The number of amides is 4. The van der Waals surface area contributed by atoms with Crippen molar-refractivity contribution in [2.45, 2.75) is 45.3 Å². The van der Waals surface area contributed by atoms with E-state index in [4.69, 9.17) is 43.8 Å². The van der Waals surface area contributed by atoms with Crippen molar-refractivity contribution in [3.63, 3.8) is 0 Å². The van der Waals surface area contributed by atoms with Gasteiger partial charge in [0, 0.05) is 6.04 Å². The Kier molecular flexibility index (Phi) is 34.0. The van der Waals surface area contributed by atoms with Crippen molar-refractivity contribution < 1.29 is 67.0 Å². The maximum absolute atomic E-state index is 12.8. The fraction of sp³-hybridized carbons (Fsp3) is 0.130. The molecule has 1 saturated carbocycles. The number of aromatic nitrogens is 12. The summed E-state index contributed by atoms with van der Waals surface area (Å²) >= 11 is 0. The highest BCUT2D eigenvalue weighted by molar-refractivity contribution is 6.10. The van der Waals surface area contributed by atoms with E-state index in [9.17, 15) is 34.2 Å². The van der Waals surface area contributed by atoms with Crippen LogP contribution in [0, 0.1) is 17.2 Å². The second-order valence-electron chi connectivity index (χ2n) is 33.3. The number of nitrogens with two attached hydrogens (primary N) is 1. The SMILES string of the molecule is COc1c(C#N)ccc2[nH]nc(/C=C/c3ccccc3)c12.COc1c(C(=O)NC2CC2)ccc2n[nH]c(/C=C/c3ccccc3)c12.COc1c(C(=O)NCc2ccco2)ccc2n[nH]c(/C=C/c3ccccc3)c12.COc1c(C(=O)N[C@H](CO)C(C)C)ccc2n[nH]c(/C=C/c3ccccc3)c12.COc1c(C(=O)O)ccc2n[nH]c(/C=C/c3ccccc3)c12.COc1c(C(N)=O)ccc2n[nH]c(/C=C/c3ccccc3)c12. The fourth-order valence-corrected chi connectivity index (χ4v) is 15.9. The molecule has 1 atom stereocenters. The zero-order chi connectivity index (χ0) is 102. The second kappa shape index (κ2) is 49.1. The van der Waals surface area contributed by atoms with Crippen LogP contribution in [-0.2, 0) is 6.54 Å². The van der Waals surface area contributed by atoms with Gasteiger partial charge in [0.25, 0.3) is 23.6 Å². The van der Waals surface area contributed by atoms with Gasteiger partial charge in [0.2, 0.25) is 0 Å². The third-order valence-electron chi connectivity index (χ3n) is 23.5. The molecule has 1 aliphatic carbocycles. The summed E-state index contributed by atoms with van der Waals surface area (Å²) < 4.78 is 38.1. The molecule has 0 radical (unpaired) electrons. The van der Waals surface area contributed by atoms with E-state index < -0.39 is 11.9 Å². The molecule has 0 aliphatic heterocycles. The molecular weight excluding hydrogens is 1840 g/mol. The molecule has 20 rings (SSSR count). The van der Waals surface area contributed by atoms with Gasteiger partial charge >= 0.3 is 5.97 Å². The largest absolute Gasteiger partial charge is 0.495 e. The zero-order valence-corrected chi connectivity index (χ0v) is 81.0. The summed E-state index contributed by atoms with van der Waals surface area (Å²) in [5.41, 5.74) is 23.2. The zero-order valence-electron chi connectivity index (χ0n) is 81.0. The Morgan fingerprint density at radius 2 is 0.719 bits per heavy atom. The number of carbonyl (C=O) groups is 5. The van der Waals surface area contributed by atoms with E-state index in [1.165, 1.54) is 27.4 Å². The molecule has 0 unspecified atom stereocenters. The van der Waals surface area contributed by atoms with E-state index in [0.29, 0.717) is 103 Å². The Morgan fingerprint density at radius 1 is 0.390 bits per heavy atom. The Hall–Kier alpha value is -19.2. The lowest BCUT2D eigenvalue weighted by Gasteiger charge is -2.20. The molecule has 7 heterocycles. The molecule has 0 bridgehead atoms. The average Bonchev–Trinajstić information content (AvgIpc) is 1.63. The van der Waals surface area contributed by atoms with Crippen molar-refractivity contribution in [2.24, 2.45) is 11.7 Å². The molecule has 7 aromatic heterocycles. The van der Waals surface area contributed by atoms with Crippen molar-refractivity contribution in [3.05, 3.63) is 380 Å². The van der Waals surface area contributed by atoms with Crippen molar-refractivity contribution in [3.8, 4) is 40.6 Å². The van der Waals surface area contributed by atoms with E-state index in [2.05, 4.69) is 83.2 Å². The number of hydrogen-bond acceptors (Lipinski definition) is 20. The van der Waals surface area contributed by atoms with Gasteiger partial charge in [-0.15, -0.1) is 0 Å². The van der Waals surface area contributed by atoms with Gasteiger partial charge in [0.05, 0.1) is 196 Å². The van der Waals surface area contributed by atoms with E-state index in [0.717, 1.165) is 124 Å². The molecule has 1 aliphatic rings. The first kappa shape index (κ1) is 101. The Balaban J connectivity index is 0.000000132. The van der Waals surface area contributed by atoms with Crippen LogP contribution < -0.4 is 50.1 Å². The number of nitrogens with one attached hydrogen (secondary N) is 9. The van der Waals surface area contributed by atoms with Crippen LogP contribution in [0.1, 0.15) is 157 Å². The van der Waals surface area contributed by atoms with Gasteiger partial charge in [-0.25, -0.2) is 4.79 Å². The third-order valence-corrected chi connectivity index (χ3v) is 23.5. The number of rotatable bonds is 29. The lowest BCUT2D eigenvalue weighted by molar-refractivity contribution is 0.0692. The van der Waals surface area contributed by atoms with E-state index in [1.54, 1.807) is 88.3 Å². The fourth-order valence-electron chi connectivity index (χ4n) is 15.9. The number of nitriles is 1. The number of methoxy groups -OCH3 is 6. The minimum Gasteiger partial charge on any atom is -0.495 e. The molecule has 4 amide bonds. The number of carbonyl (C=O) groups excluding carboxylic acids is 4. The van der Waals surface area contributed by atoms with Crippen LogP contribution in [0.3, 0.4) is 0 Å². The monoisotopic (exact) mass is 1950 g/mol. The lowest BCUT2D eigenvalue weighted by atomic mass is 10.0. The highest BCUT2D eigenvalue weighted by Crippen LogP contribution is 2.40. The smallest absolute Gasteiger partial charge is 0.339 e. The van der Waals surface area contributed by atoms with Crippen LogP contribution in [0.4, 0.5) is 0 Å². The number of hydrogen-bond donors (Lipinski definition) is 12. The second-order valence-corrected chi connectivity index (χ2v) is 33.3. The molecule has 19 aromatic rings. The predicted octanol–water partition coefficient (Wildman–Crippen LogP) is 21.3. The summed E-state index contributed by atoms with van der Waals surface area (Å²) in [6.07, 6.45) is 27.0. The molecule has 1 fully saturated rings. The maximum Gasteiger partial charge on any atom is 0.339 e. The van der Waals surface area contributed by atoms with Gasteiger partial charge in [0.15, 0.2) is 0 Å². The Bertz CT molecular complexity index is 7850. The minimum atomic E-state index is -1.03. The van der Waals surface area contributed by atoms with E-state index in [-0.39, 0.29) is 41.9 Å². The summed E-state index contributed by atoms with van der Waals surface area (Å²) in [5.74, 6) is 1.40. The normalized spacial score (nSPS) is 11.9. The van der Waals surface area contributed by atoms with Crippen LogP contribution in [0.5, 0.6) is 34.5 Å². The number of aromatic carboxylic acids is 1. The van der Waals surface area contributed by atoms with Crippen LogP contribution >= 0.6 is 0 Å². The number of furan rings is 1. The Morgan fingerprint density at radius 3 is 1.03 bits per heavy atom. The average molecular weight is 1950 g/mol. The van der Waals surface area contributed by atoms with Crippen LogP contribution in [0.2, 0.25) is 0 Å². The molecule has 13 N–H and O–H groups in total. The van der Waals surface area contributed by atoms with Crippen LogP contribution in [0.15, 0.2) is 278 Å². The van der Waals surface area contributed by atoms with Gasteiger partial charge in [0.1, 0.15) is 51.9 Å². The summed E-state index contributed by atoms with van der Waals surface area (Å²) in [5, 5.41) is 84.8. The van der Waals surface area contributed by atoms with Gasteiger partial charge in [-0.3, -0.25) is 49.8 Å². The number of nitrogens with zero attached hydrogens (tertiary/aromatic N) is 7. The Labute approximate surface area is 839 Å². The maximum atomic E-state index is 12.8. The predicted molar refractivity (Wildman–Crippen MR) is 572 cm³/mol. The molecule has 146 heavy (non-hydrogen) atoms. The van der Waals surface area contributed by atoms with Gasteiger partial charge < -0.3 is 64.7 Å². The number of aliphatic hydroxyl groups is 1. The van der Waals surface area contributed by atoms with Crippen LogP contribution in [-0.4, -0.2) is 162 Å². The molecule has 0 saturated heterocycles. The number of primary amides is 1. The number of benzene rings is 12. The summed E-state index contributed by atoms with van der Waals surface area (Å²) in [6.45, 7) is 4.08. The molecule has 31 heteroatoms. The molecule has 734 valence electrons. The number of H-pyrrole nitrogens is 6. The summed E-state index contributed by atoms with van der Waals surface area (Å²) in [7, 11) is 9.20. The molecule has 0 spiro atoms. The van der Waals surface area contributed by atoms with Crippen LogP contribution in [0.25, 0.3) is 138 Å². The van der Waals surface area contributed by atoms with Crippen molar-refractivity contribution in [2.75, 3.05) is 49.3 Å². The highest BCUT2D eigenvalue weighted by atomic mass is 16.5. The number of aromatic amines is 6. The standard InChI is InChI=1S/C22H19N3O3.C22H25N3O3.C20H19N3O2.C17H15N3O2.C17H13N3O.C17H14N2O3/c1-27-21-17(22(26)23-14-16-8-5-13-28-16)10-12-19-20(21)18(24-25-19)11-9-15-6-3-2-4-7-15;1-14(2)19(13-26)23-22(27)16-10-12-18-20(21(16)28-3)17(24-25-18)11-9-15-7-5-4-6-8-15;1-25-19-15(20(24)21-14-8-9-14)10-12-17-18(19)16(22-23-17)11-7-13-5-3-2-4-6-13;1-22-16-12(17(18)21)8-10-14-15(16)13(19-20-14)9-7-11-5-3-2-4-6-11;1-21-17-13(11-18)8-10-15-16(17)14(19-20-15)9-7-12-5-3-2-4-6-12;1-22-16-12(17(20)21)8-10-14-15(16)13(18-19-14)9-7-11-5-3-2-4-6-11/h2-13H,14H2,1H3,(H,23,26)(H,24,25);4-12,14,19,26H,13H2,1-3H3,(H,23,27)(H,24,25);2-7,10-12,14H,8-9H2,1H3,(H,21,24)(H,22,23);2-10H,1H3,(H2,18,21)(H,19,20);2-10H,1H3,(H,19,20);2-10H,1H3,(H,18,19)(H,20,21)/b2*11-9+;11-7+;3*9-7+/t;19-;;;;/m.1..../s1. The van der Waals surface area contributed by atoms with Gasteiger partial charge in [-0.2, -0.15) is 35.9 Å². The number of ether oxygens (including phenoxy) is 6. The highest BCUT2D eigenvalue weighted by Gasteiger charge is 2.29. The first-order valence-electron chi connectivity index (χ1n) is 46.5. The van der Waals surface area contributed by atoms with E-state index >= 15 is 0 Å². The lowest BCUT2D eigenvalue weighted by Crippen LogP contribution is -2.41. The quantitative estimate of drug-likeness (QED) is 0.0207. The summed E-state index contributed by atoms with van der Waals surface area (Å²) in [6, 6.07) is 86.0. The van der Waals surface area contributed by atoms with Gasteiger partial charge in [-0.1, -0.05) is 232 Å². The third kappa shape index (κ3) is 24.8. The number of fused-ring (bicyclic) bond motifs is 6. The minimum absolute atomic E-state index is 0.0968. The van der Waals surface area contributed by atoms with E-state index in [1.807, 2.05) is 287 Å². The first-order chi connectivity index (χ1) is 71.3. The van der Waals surface area contributed by atoms with Crippen molar-refractivity contribution in [1.29, 1.82) is 5.26 Å². The molecular formula is C115H105N17O14. The molecule has 12 aromatic carbocycles. The number of carboxylic acids is 1. The summed E-state index contributed by atoms with van der Waals surface area (Å²) in [4.78, 5) is 60.8. The first-order valence-corrected chi connectivity index (χ1v) is 46.5. The van der Waals surface area contributed by atoms with Crippen molar-refractivity contribution >= 4 is 168 Å². The van der Waals surface area contributed by atoms with Crippen molar-refractivity contribution in [1.82, 2.24) is 77.1 Å². The number of carboxylic acid groups (broad SMARTS) is 1.